The van der Waals surface area contributed by atoms with Crippen molar-refractivity contribution in [1.29, 1.82) is 0 Å². The highest BCUT2D eigenvalue weighted by Gasteiger charge is 2.03. The first kappa shape index (κ1) is 15.2. The average Bonchev–Trinajstić information content (AvgIpc) is 2.19. The van der Waals surface area contributed by atoms with Crippen molar-refractivity contribution in [3.8, 4) is 0 Å². The topological polar surface area (TPSA) is 55.1 Å². The first-order chi connectivity index (χ1) is 7.08. The fourth-order valence-corrected chi connectivity index (χ4v) is 1.24. The minimum Gasteiger partial charge on any atom is -0.328 e. The molecule has 1 rings (SSSR count). The lowest BCUT2D eigenvalue weighted by molar-refractivity contribution is -0.116. The highest BCUT2D eigenvalue weighted by molar-refractivity contribution is 6.30. The molecule has 0 aliphatic rings. The van der Waals surface area contributed by atoms with Gasteiger partial charge in [-0.15, -0.1) is 12.4 Å². The number of carbonyl (C=O) groups is 1. The molecule has 0 saturated carbocycles. The van der Waals surface area contributed by atoms with E-state index in [1.165, 1.54) is 0 Å². The van der Waals surface area contributed by atoms with E-state index in [1.807, 2.05) is 6.92 Å². The van der Waals surface area contributed by atoms with E-state index in [-0.39, 0.29) is 24.4 Å². The molecule has 0 spiro atoms. The van der Waals surface area contributed by atoms with E-state index in [2.05, 4.69) is 5.32 Å². The Labute approximate surface area is 107 Å². The van der Waals surface area contributed by atoms with Gasteiger partial charge in [-0.2, -0.15) is 0 Å². The fourth-order valence-electron chi connectivity index (χ4n) is 1.12. The summed E-state index contributed by atoms with van der Waals surface area (Å²) < 4.78 is 0. The van der Waals surface area contributed by atoms with Gasteiger partial charge in [-0.3, -0.25) is 4.79 Å². The van der Waals surface area contributed by atoms with Crippen molar-refractivity contribution < 1.29 is 4.79 Å². The van der Waals surface area contributed by atoms with Crippen LogP contribution in [0.5, 0.6) is 0 Å². The molecule has 0 bridgehead atoms. The molecule has 0 fully saturated rings. The van der Waals surface area contributed by atoms with Gasteiger partial charge in [-0.1, -0.05) is 11.6 Å². The number of hydrogen-bond donors (Lipinski definition) is 2. The first-order valence-electron chi connectivity index (χ1n) is 4.89. The molecule has 90 valence electrons. The van der Waals surface area contributed by atoms with Gasteiger partial charge in [0.25, 0.3) is 0 Å². The molecule has 16 heavy (non-hydrogen) atoms. The zero-order chi connectivity index (χ0) is 11.3. The molecule has 0 aliphatic heterocycles. The van der Waals surface area contributed by atoms with Crippen molar-refractivity contribution in [2.75, 3.05) is 5.32 Å². The molecular formula is C11H16Cl2N2O. The molecule has 3 N–H and O–H groups in total. The predicted octanol–water partition coefficient (Wildman–Crippen LogP) is 2.83. The average molecular weight is 263 g/mol. The van der Waals surface area contributed by atoms with Crippen LogP contribution in [-0.2, 0) is 4.79 Å². The van der Waals surface area contributed by atoms with Crippen LogP contribution in [0.25, 0.3) is 0 Å². The van der Waals surface area contributed by atoms with E-state index in [0.717, 1.165) is 5.69 Å². The molecule has 1 unspecified atom stereocenters. The third-order valence-electron chi connectivity index (χ3n) is 1.95. The van der Waals surface area contributed by atoms with E-state index in [1.54, 1.807) is 24.3 Å². The zero-order valence-electron chi connectivity index (χ0n) is 9.07. The van der Waals surface area contributed by atoms with Crippen LogP contribution in [-0.4, -0.2) is 11.9 Å². The van der Waals surface area contributed by atoms with Crippen LogP contribution in [0.1, 0.15) is 19.8 Å². The molecule has 0 aromatic heterocycles. The van der Waals surface area contributed by atoms with Gasteiger partial charge in [0.15, 0.2) is 0 Å². The summed E-state index contributed by atoms with van der Waals surface area (Å²) in [6.45, 7) is 1.88. The number of benzene rings is 1. The summed E-state index contributed by atoms with van der Waals surface area (Å²) >= 11 is 5.72. The number of halogens is 2. The van der Waals surface area contributed by atoms with Gasteiger partial charge in [0.05, 0.1) is 0 Å². The standard InChI is InChI=1S/C11H15ClN2O.ClH/c1-8(13)2-7-11(15)14-10-5-3-9(12)4-6-10;/h3-6,8H,2,7,13H2,1H3,(H,14,15);1H. The molecule has 0 radical (unpaired) electrons. The summed E-state index contributed by atoms with van der Waals surface area (Å²) in [7, 11) is 0. The quantitative estimate of drug-likeness (QED) is 0.877. The Kier molecular flexibility index (Phi) is 7.13. The molecule has 1 amide bonds. The first-order valence-corrected chi connectivity index (χ1v) is 5.26. The largest absolute Gasteiger partial charge is 0.328 e. The number of rotatable bonds is 4. The summed E-state index contributed by atoms with van der Waals surface area (Å²) in [5, 5.41) is 3.43. The van der Waals surface area contributed by atoms with Crippen molar-refractivity contribution >= 4 is 35.6 Å². The van der Waals surface area contributed by atoms with E-state index in [0.29, 0.717) is 17.9 Å². The Hall–Kier alpha value is -0.770. The third-order valence-corrected chi connectivity index (χ3v) is 2.21. The van der Waals surface area contributed by atoms with Gasteiger partial charge in [0, 0.05) is 23.2 Å². The van der Waals surface area contributed by atoms with E-state index < -0.39 is 0 Å². The van der Waals surface area contributed by atoms with Crippen LogP contribution in [0.15, 0.2) is 24.3 Å². The Morgan fingerprint density at radius 3 is 2.50 bits per heavy atom. The number of nitrogens with one attached hydrogen (secondary N) is 1. The third kappa shape index (κ3) is 5.95. The van der Waals surface area contributed by atoms with Gasteiger partial charge in [0.1, 0.15) is 0 Å². The Morgan fingerprint density at radius 1 is 1.44 bits per heavy atom. The normalized spacial score (nSPS) is 11.4. The molecule has 1 aromatic carbocycles. The molecule has 1 atom stereocenters. The predicted molar refractivity (Wildman–Crippen MR) is 70.2 cm³/mol. The van der Waals surface area contributed by atoms with Gasteiger partial charge < -0.3 is 11.1 Å². The number of hydrogen-bond acceptors (Lipinski definition) is 2. The van der Waals surface area contributed by atoms with Crippen LogP contribution in [0.2, 0.25) is 5.02 Å². The number of nitrogens with two attached hydrogens (primary N) is 1. The lowest BCUT2D eigenvalue weighted by Gasteiger charge is -2.06. The van der Waals surface area contributed by atoms with Gasteiger partial charge in [-0.25, -0.2) is 0 Å². The zero-order valence-corrected chi connectivity index (χ0v) is 10.6. The van der Waals surface area contributed by atoms with E-state index >= 15 is 0 Å². The summed E-state index contributed by atoms with van der Waals surface area (Å²) in [6.07, 6.45) is 1.14. The van der Waals surface area contributed by atoms with E-state index in [4.69, 9.17) is 17.3 Å². The highest BCUT2D eigenvalue weighted by atomic mass is 35.5. The molecule has 3 nitrogen and oxygen atoms in total. The van der Waals surface area contributed by atoms with Crippen molar-refractivity contribution in [3.05, 3.63) is 29.3 Å². The molecule has 0 saturated heterocycles. The van der Waals surface area contributed by atoms with Crippen LogP contribution < -0.4 is 11.1 Å². The van der Waals surface area contributed by atoms with Gasteiger partial charge in [0.2, 0.25) is 5.91 Å². The van der Waals surface area contributed by atoms with Crippen molar-refractivity contribution in [2.24, 2.45) is 5.73 Å². The van der Waals surface area contributed by atoms with Gasteiger partial charge >= 0.3 is 0 Å². The SMILES string of the molecule is CC(N)CCC(=O)Nc1ccc(Cl)cc1.Cl. The van der Waals surface area contributed by atoms with Crippen molar-refractivity contribution in [3.63, 3.8) is 0 Å². The molecule has 0 aliphatic carbocycles. The summed E-state index contributed by atoms with van der Waals surface area (Å²) in [6, 6.07) is 7.07. The van der Waals surface area contributed by atoms with Gasteiger partial charge in [-0.05, 0) is 37.6 Å². The van der Waals surface area contributed by atoms with Crippen LogP contribution >= 0.6 is 24.0 Å². The number of carbonyl (C=O) groups excluding carboxylic acids is 1. The second kappa shape index (κ2) is 7.49. The second-order valence-corrected chi connectivity index (χ2v) is 4.01. The minimum absolute atomic E-state index is 0. The van der Waals surface area contributed by atoms with Crippen LogP contribution in [0, 0.1) is 0 Å². The summed E-state index contributed by atoms with van der Waals surface area (Å²) in [5.74, 6) is -0.0189. The Balaban J connectivity index is 0.00000225. The Bertz CT molecular complexity index is 325. The number of anilines is 1. The second-order valence-electron chi connectivity index (χ2n) is 3.57. The summed E-state index contributed by atoms with van der Waals surface area (Å²) in [5.41, 5.74) is 6.31. The van der Waals surface area contributed by atoms with E-state index in [9.17, 15) is 4.79 Å². The number of amides is 1. The minimum atomic E-state index is -0.0189. The maximum Gasteiger partial charge on any atom is 0.224 e. The summed E-state index contributed by atoms with van der Waals surface area (Å²) in [4.78, 5) is 11.4. The fraction of sp³-hybridized carbons (Fsp3) is 0.364. The lowest BCUT2D eigenvalue weighted by atomic mass is 10.2. The maximum atomic E-state index is 11.4. The smallest absolute Gasteiger partial charge is 0.224 e. The maximum absolute atomic E-state index is 11.4. The van der Waals surface area contributed by atoms with Crippen molar-refractivity contribution in [2.45, 2.75) is 25.8 Å². The van der Waals surface area contributed by atoms with Crippen LogP contribution in [0.3, 0.4) is 0 Å². The molecule has 0 heterocycles. The molecule has 5 heteroatoms. The highest BCUT2D eigenvalue weighted by Crippen LogP contribution is 2.13. The van der Waals surface area contributed by atoms with Crippen molar-refractivity contribution in [1.82, 2.24) is 0 Å². The molecular weight excluding hydrogens is 247 g/mol. The van der Waals surface area contributed by atoms with Crippen LogP contribution in [0.4, 0.5) is 5.69 Å². The Morgan fingerprint density at radius 2 is 2.00 bits per heavy atom. The molecule has 1 aromatic rings. The lowest BCUT2D eigenvalue weighted by Crippen LogP contribution is -2.19. The monoisotopic (exact) mass is 262 g/mol.